The number of hydrogen-bond acceptors (Lipinski definition) is 2. The SMILES string of the molecule is CC1NC=C(c2ccc(F)cc2)N1. The van der Waals surface area contributed by atoms with E-state index in [0.717, 1.165) is 11.3 Å². The molecule has 1 atom stereocenters. The number of benzene rings is 1. The fourth-order valence-corrected chi connectivity index (χ4v) is 1.32. The zero-order valence-corrected chi connectivity index (χ0v) is 7.34. The van der Waals surface area contributed by atoms with E-state index in [1.165, 1.54) is 12.1 Å². The molecule has 0 aliphatic carbocycles. The van der Waals surface area contributed by atoms with Crippen molar-refractivity contribution in [1.29, 1.82) is 0 Å². The van der Waals surface area contributed by atoms with Crippen molar-refractivity contribution in [2.45, 2.75) is 13.1 Å². The highest BCUT2D eigenvalue weighted by molar-refractivity contribution is 5.65. The summed E-state index contributed by atoms with van der Waals surface area (Å²) >= 11 is 0. The molecule has 0 bridgehead atoms. The second-order valence-electron chi connectivity index (χ2n) is 3.10. The molecule has 0 amide bonds. The Morgan fingerprint density at radius 1 is 1.23 bits per heavy atom. The lowest BCUT2D eigenvalue weighted by Gasteiger charge is -2.07. The molecule has 0 saturated carbocycles. The average molecular weight is 178 g/mol. The van der Waals surface area contributed by atoms with Gasteiger partial charge < -0.3 is 10.6 Å². The maximum atomic E-state index is 12.6. The van der Waals surface area contributed by atoms with Gasteiger partial charge in [0.1, 0.15) is 5.82 Å². The van der Waals surface area contributed by atoms with E-state index in [9.17, 15) is 4.39 Å². The van der Waals surface area contributed by atoms with Crippen LogP contribution < -0.4 is 10.6 Å². The maximum absolute atomic E-state index is 12.6. The van der Waals surface area contributed by atoms with Crippen molar-refractivity contribution in [3.05, 3.63) is 41.8 Å². The van der Waals surface area contributed by atoms with Crippen molar-refractivity contribution < 1.29 is 4.39 Å². The summed E-state index contributed by atoms with van der Waals surface area (Å²) in [7, 11) is 0. The molecule has 0 aromatic heterocycles. The molecule has 13 heavy (non-hydrogen) atoms. The molecular formula is C10H11FN2. The summed E-state index contributed by atoms with van der Waals surface area (Å²) in [6.07, 6.45) is 2.15. The molecule has 1 aliphatic rings. The molecule has 3 heteroatoms. The Morgan fingerprint density at radius 2 is 1.92 bits per heavy atom. The van der Waals surface area contributed by atoms with Crippen molar-refractivity contribution in [3.63, 3.8) is 0 Å². The van der Waals surface area contributed by atoms with Gasteiger partial charge in [0, 0.05) is 6.20 Å². The monoisotopic (exact) mass is 178 g/mol. The third kappa shape index (κ3) is 1.64. The third-order valence-electron chi connectivity index (χ3n) is 2.00. The molecule has 2 N–H and O–H groups in total. The molecule has 2 rings (SSSR count). The highest BCUT2D eigenvalue weighted by Gasteiger charge is 2.10. The molecule has 0 saturated heterocycles. The van der Waals surface area contributed by atoms with Crippen LogP contribution in [0.15, 0.2) is 30.5 Å². The highest BCUT2D eigenvalue weighted by Crippen LogP contribution is 2.14. The molecule has 68 valence electrons. The minimum atomic E-state index is -0.205. The van der Waals surface area contributed by atoms with Crippen LogP contribution in [0.25, 0.3) is 5.70 Å². The number of hydrogen-bond donors (Lipinski definition) is 2. The second-order valence-corrected chi connectivity index (χ2v) is 3.10. The fraction of sp³-hybridized carbons (Fsp3) is 0.200. The van der Waals surface area contributed by atoms with Crippen LogP contribution in [-0.2, 0) is 0 Å². The largest absolute Gasteiger partial charge is 0.370 e. The molecule has 0 radical (unpaired) electrons. The number of nitrogens with one attached hydrogen (secondary N) is 2. The van der Waals surface area contributed by atoms with Gasteiger partial charge in [-0.2, -0.15) is 0 Å². The Morgan fingerprint density at radius 3 is 2.46 bits per heavy atom. The summed E-state index contributed by atoms with van der Waals surface area (Å²) in [5.41, 5.74) is 2.01. The van der Waals surface area contributed by atoms with Gasteiger partial charge in [-0.3, -0.25) is 0 Å². The summed E-state index contributed by atoms with van der Waals surface area (Å²) in [5, 5.41) is 6.33. The van der Waals surface area contributed by atoms with Crippen LogP contribution in [0.3, 0.4) is 0 Å². The average Bonchev–Trinajstić information content (AvgIpc) is 2.53. The summed E-state index contributed by atoms with van der Waals surface area (Å²) in [4.78, 5) is 0. The van der Waals surface area contributed by atoms with Crippen molar-refractivity contribution in [1.82, 2.24) is 10.6 Å². The van der Waals surface area contributed by atoms with Crippen molar-refractivity contribution in [2.75, 3.05) is 0 Å². The van der Waals surface area contributed by atoms with Crippen LogP contribution in [0.2, 0.25) is 0 Å². The van der Waals surface area contributed by atoms with E-state index < -0.39 is 0 Å². The second kappa shape index (κ2) is 3.09. The molecule has 1 heterocycles. The van der Waals surface area contributed by atoms with E-state index >= 15 is 0 Å². The van der Waals surface area contributed by atoms with Gasteiger partial charge in [-0.1, -0.05) is 0 Å². The molecule has 1 aromatic carbocycles. The van der Waals surface area contributed by atoms with Gasteiger partial charge in [0.05, 0.1) is 11.9 Å². The number of rotatable bonds is 1. The topological polar surface area (TPSA) is 24.1 Å². The van der Waals surface area contributed by atoms with Gasteiger partial charge >= 0.3 is 0 Å². The van der Waals surface area contributed by atoms with E-state index in [1.807, 2.05) is 13.1 Å². The van der Waals surface area contributed by atoms with E-state index in [1.54, 1.807) is 12.1 Å². The highest BCUT2D eigenvalue weighted by atomic mass is 19.1. The Kier molecular flexibility index (Phi) is 1.93. The summed E-state index contributed by atoms with van der Waals surface area (Å²) in [6.45, 7) is 2.02. The Bertz CT molecular complexity index is 329. The fourth-order valence-electron chi connectivity index (χ4n) is 1.32. The maximum Gasteiger partial charge on any atom is 0.123 e. The van der Waals surface area contributed by atoms with Gasteiger partial charge in [0.2, 0.25) is 0 Å². The lowest BCUT2D eigenvalue weighted by Crippen LogP contribution is -2.27. The normalized spacial score (nSPS) is 20.5. The molecule has 1 unspecified atom stereocenters. The quantitative estimate of drug-likeness (QED) is 0.683. The van der Waals surface area contributed by atoms with Crippen LogP contribution in [0.1, 0.15) is 12.5 Å². The lowest BCUT2D eigenvalue weighted by molar-refractivity contribution is 0.626. The number of halogens is 1. The van der Waals surface area contributed by atoms with Crippen LogP contribution in [0.4, 0.5) is 4.39 Å². The third-order valence-corrected chi connectivity index (χ3v) is 2.00. The van der Waals surface area contributed by atoms with Gasteiger partial charge in [-0.25, -0.2) is 4.39 Å². The minimum absolute atomic E-state index is 0.205. The zero-order chi connectivity index (χ0) is 9.26. The smallest absolute Gasteiger partial charge is 0.123 e. The van der Waals surface area contributed by atoms with E-state index in [2.05, 4.69) is 10.6 Å². The predicted octanol–water partition coefficient (Wildman–Crippen LogP) is 1.66. The molecule has 1 aliphatic heterocycles. The van der Waals surface area contributed by atoms with Crippen LogP contribution >= 0.6 is 0 Å². The van der Waals surface area contributed by atoms with Crippen molar-refractivity contribution in [2.24, 2.45) is 0 Å². The first-order chi connectivity index (χ1) is 6.25. The Labute approximate surface area is 76.5 Å². The van der Waals surface area contributed by atoms with Gasteiger partial charge in [0.25, 0.3) is 0 Å². The standard InChI is InChI=1S/C10H11FN2/c1-7-12-6-10(13-7)8-2-4-9(11)5-3-8/h2-7,12-13H,1H3. The van der Waals surface area contributed by atoms with Crippen molar-refractivity contribution in [3.8, 4) is 0 Å². The summed E-state index contributed by atoms with van der Waals surface area (Å²) < 4.78 is 12.6. The van der Waals surface area contributed by atoms with Crippen LogP contribution in [0, 0.1) is 5.82 Å². The van der Waals surface area contributed by atoms with Gasteiger partial charge in [-0.15, -0.1) is 0 Å². The molecule has 0 fully saturated rings. The molecule has 0 spiro atoms. The minimum Gasteiger partial charge on any atom is -0.370 e. The van der Waals surface area contributed by atoms with Gasteiger partial charge in [0.15, 0.2) is 0 Å². The summed E-state index contributed by atoms with van der Waals surface area (Å²) in [6, 6.07) is 6.43. The Hall–Kier alpha value is -1.51. The molecule has 1 aromatic rings. The first-order valence-corrected chi connectivity index (χ1v) is 4.24. The van der Waals surface area contributed by atoms with E-state index in [4.69, 9.17) is 0 Å². The Balaban J connectivity index is 2.22. The van der Waals surface area contributed by atoms with E-state index in [-0.39, 0.29) is 12.0 Å². The molecule has 2 nitrogen and oxygen atoms in total. The van der Waals surface area contributed by atoms with Crippen LogP contribution in [0.5, 0.6) is 0 Å². The summed E-state index contributed by atoms with van der Waals surface area (Å²) in [5.74, 6) is -0.205. The first-order valence-electron chi connectivity index (χ1n) is 4.24. The lowest BCUT2D eigenvalue weighted by atomic mass is 10.2. The zero-order valence-electron chi connectivity index (χ0n) is 7.34. The first kappa shape index (κ1) is 8.10. The molecular weight excluding hydrogens is 167 g/mol. The van der Waals surface area contributed by atoms with Crippen molar-refractivity contribution >= 4 is 5.70 Å². The van der Waals surface area contributed by atoms with E-state index in [0.29, 0.717) is 0 Å². The predicted molar refractivity (Wildman–Crippen MR) is 50.1 cm³/mol. The van der Waals surface area contributed by atoms with Crippen LogP contribution in [-0.4, -0.2) is 6.17 Å². The van der Waals surface area contributed by atoms with Gasteiger partial charge in [-0.05, 0) is 36.8 Å².